The molecule has 4 heteroatoms. The fourth-order valence-electron chi connectivity index (χ4n) is 1.71. The second-order valence-electron chi connectivity index (χ2n) is 3.74. The molecule has 0 aliphatic carbocycles. The van der Waals surface area contributed by atoms with Crippen LogP contribution in [-0.2, 0) is 0 Å². The van der Waals surface area contributed by atoms with Gasteiger partial charge in [-0.3, -0.25) is 0 Å². The predicted molar refractivity (Wildman–Crippen MR) is 70.0 cm³/mol. The van der Waals surface area contributed by atoms with Crippen molar-refractivity contribution in [3.63, 3.8) is 0 Å². The van der Waals surface area contributed by atoms with Crippen LogP contribution in [0.1, 0.15) is 5.69 Å². The van der Waals surface area contributed by atoms with E-state index in [0.29, 0.717) is 5.69 Å². The molecule has 0 aliphatic heterocycles. The minimum Gasteiger partial charge on any atom is -0.497 e. The Morgan fingerprint density at radius 1 is 1.28 bits per heavy atom. The van der Waals surface area contributed by atoms with Gasteiger partial charge in [0.05, 0.1) is 12.8 Å². The van der Waals surface area contributed by atoms with E-state index in [1.807, 2.05) is 48.3 Å². The highest BCUT2D eigenvalue weighted by Gasteiger charge is 2.10. The summed E-state index contributed by atoms with van der Waals surface area (Å²) in [6.07, 6.45) is 1.61. The van der Waals surface area contributed by atoms with Gasteiger partial charge in [0, 0.05) is 25.0 Å². The highest BCUT2D eigenvalue weighted by atomic mass is 16.5. The molecule has 0 saturated carbocycles. The molecule has 0 bridgehead atoms. The second-order valence-corrected chi connectivity index (χ2v) is 3.74. The first kappa shape index (κ1) is 11.9. The fourth-order valence-corrected chi connectivity index (χ4v) is 1.71. The van der Waals surface area contributed by atoms with Crippen LogP contribution in [0, 0.1) is 11.3 Å². The van der Waals surface area contributed by atoms with E-state index in [4.69, 9.17) is 10.00 Å². The van der Waals surface area contributed by atoms with Crippen molar-refractivity contribution in [2.75, 3.05) is 19.1 Å². The molecule has 0 amide bonds. The van der Waals surface area contributed by atoms with Gasteiger partial charge in [0.15, 0.2) is 5.69 Å². The van der Waals surface area contributed by atoms with Gasteiger partial charge in [-0.05, 0) is 24.3 Å². The zero-order valence-corrected chi connectivity index (χ0v) is 10.3. The van der Waals surface area contributed by atoms with Crippen molar-refractivity contribution in [2.45, 2.75) is 0 Å². The highest BCUT2D eigenvalue weighted by molar-refractivity contribution is 5.67. The van der Waals surface area contributed by atoms with Gasteiger partial charge < -0.3 is 9.64 Å². The Hall–Kier alpha value is -2.54. The van der Waals surface area contributed by atoms with Crippen LogP contribution in [0.25, 0.3) is 0 Å². The summed E-state index contributed by atoms with van der Waals surface area (Å²) in [7, 11) is 3.52. The van der Waals surface area contributed by atoms with E-state index in [2.05, 4.69) is 11.1 Å². The number of aromatic nitrogens is 1. The van der Waals surface area contributed by atoms with Crippen LogP contribution in [0.15, 0.2) is 42.6 Å². The molecule has 0 aliphatic rings. The highest BCUT2D eigenvalue weighted by Crippen LogP contribution is 2.27. The van der Waals surface area contributed by atoms with E-state index in [-0.39, 0.29) is 0 Å². The Balaban J connectivity index is 2.41. The summed E-state index contributed by atoms with van der Waals surface area (Å²) in [6, 6.07) is 13.4. The number of rotatable bonds is 3. The fraction of sp³-hybridized carbons (Fsp3) is 0.143. The van der Waals surface area contributed by atoms with Gasteiger partial charge in [-0.2, -0.15) is 5.26 Å². The first-order valence-corrected chi connectivity index (χ1v) is 5.49. The number of methoxy groups -OCH3 is 1. The first-order chi connectivity index (χ1) is 8.76. The lowest BCUT2D eigenvalue weighted by molar-refractivity contribution is 0.415. The van der Waals surface area contributed by atoms with E-state index < -0.39 is 0 Å². The topological polar surface area (TPSA) is 49.1 Å². The quantitative estimate of drug-likeness (QED) is 0.826. The third-order valence-electron chi connectivity index (χ3n) is 2.69. The zero-order chi connectivity index (χ0) is 13.0. The maximum Gasteiger partial charge on any atom is 0.164 e. The van der Waals surface area contributed by atoms with Gasteiger partial charge in [0.1, 0.15) is 11.8 Å². The molecule has 0 fully saturated rings. The van der Waals surface area contributed by atoms with Crippen molar-refractivity contribution in [1.82, 2.24) is 4.98 Å². The van der Waals surface area contributed by atoms with Crippen molar-refractivity contribution in [3.8, 4) is 11.8 Å². The zero-order valence-electron chi connectivity index (χ0n) is 10.3. The molecule has 1 aromatic heterocycles. The van der Waals surface area contributed by atoms with Crippen LogP contribution in [0.5, 0.6) is 5.75 Å². The Morgan fingerprint density at radius 3 is 2.83 bits per heavy atom. The number of ether oxygens (including phenoxy) is 1. The van der Waals surface area contributed by atoms with Gasteiger partial charge in [0.25, 0.3) is 0 Å². The number of nitriles is 1. The Kier molecular flexibility index (Phi) is 3.44. The van der Waals surface area contributed by atoms with Crippen molar-refractivity contribution in [1.29, 1.82) is 5.26 Å². The molecule has 18 heavy (non-hydrogen) atoms. The minimum atomic E-state index is 0.405. The first-order valence-electron chi connectivity index (χ1n) is 5.49. The molecule has 0 radical (unpaired) electrons. The van der Waals surface area contributed by atoms with Crippen LogP contribution in [0.4, 0.5) is 11.4 Å². The Morgan fingerprint density at radius 2 is 2.11 bits per heavy atom. The molecule has 0 saturated heterocycles. The molecule has 0 spiro atoms. The van der Waals surface area contributed by atoms with E-state index in [1.54, 1.807) is 13.3 Å². The normalized spacial score (nSPS) is 9.61. The molecule has 90 valence electrons. The molecule has 0 N–H and O–H groups in total. The van der Waals surface area contributed by atoms with Gasteiger partial charge in [-0.25, -0.2) is 4.98 Å². The molecule has 4 nitrogen and oxygen atoms in total. The smallest absolute Gasteiger partial charge is 0.164 e. The molecule has 2 rings (SSSR count). The Bertz CT molecular complexity index is 590. The summed E-state index contributed by atoms with van der Waals surface area (Å²) >= 11 is 0. The summed E-state index contributed by atoms with van der Waals surface area (Å²) in [5.41, 5.74) is 2.12. The van der Waals surface area contributed by atoms with Gasteiger partial charge in [-0.1, -0.05) is 6.07 Å². The monoisotopic (exact) mass is 239 g/mol. The van der Waals surface area contributed by atoms with Crippen molar-refractivity contribution in [3.05, 3.63) is 48.3 Å². The van der Waals surface area contributed by atoms with E-state index >= 15 is 0 Å². The van der Waals surface area contributed by atoms with Gasteiger partial charge in [-0.15, -0.1) is 0 Å². The lowest BCUT2D eigenvalue weighted by Gasteiger charge is -2.20. The summed E-state index contributed by atoms with van der Waals surface area (Å²) in [5.74, 6) is 0.779. The van der Waals surface area contributed by atoms with Crippen LogP contribution < -0.4 is 9.64 Å². The lowest BCUT2D eigenvalue weighted by atomic mass is 10.2. The van der Waals surface area contributed by atoms with Crippen LogP contribution in [0.2, 0.25) is 0 Å². The largest absolute Gasteiger partial charge is 0.497 e. The second kappa shape index (κ2) is 5.19. The maximum atomic E-state index is 9.05. The average Bonchev–Trinajstić information content (AvgIpc) is 2.46. The lowest BCUT2D eigenvalue weighted by Crippen LogP contribution is -2.11. The Labute approximate surface area is 106 Å². The number of hydrogen-bond donors (Lipinski definition) is 0. The van der Waals surface area contributed by atoms with Crippen LogP contribution in [-0.4, -0.2) is 19.1 Å². The standard InChI is InChI=1S/C14H13N3O/c1-17(11-5-3-6-12(9-11)18-2)14-7-4-8-16-13(14)10-15/h3-9H,1-2H3. The molecular weight excluding hydrogens is 226 g/mol. The van der Waals surface area contributed by atoms with Crippen molar-refractivity contribution < 1.29 is 4.74 Å². The van der Waals surface area contributed by atoms with E-state index in [9.17, 15) is 0 Å². The molecular formula is C14H13N3O. The third kappa shape index (κ3) is 2.25. The summed E-state index contributed by atoms with van der Waals surface area (Å²) in [4.78, 5) is 5.96. The van der Waals surface area contributed by atoms with E-state index in [1.165, 1.54) is 0 Å². The van der Waals surface area contributed by atoms with Crippen LogP contribution in [0.3, 0.4) is 0 Å². The average molecular weight is 239 g/mol. The maximum absolute atomic E-state index is 9.05. The molecule has 1 heterocycles. The number of hydrogen-bond acceptors (Lipinski definition) is 4. The predicted octanol–water partition coefficient (Wildman–Crippen LogP) is 2.73. The van der Waals surface area contributed by atoms with Crippen molar-refractivity contribution in [2.24, 2.45) is 0 Å². The summed E-state index contributed by atoms with van der Waals surface area (Å²) in [5, 5.41) is 9.05. The summed E-state index contributed by atoms with van der Waals surface area (Å²) < 4.78 is 5.19. The molecule has 0 atom stereocenters. The van der Waals surface area contributed by atoms with Gasteiger partial charge >= 0.3 is 0 Å². The SMILES string of the molecule is COc1cccc(N(C)c2cccnc2C#N)c1. The third-order valence-corrected chi connectivity index (χ3v) is 2.69. The molecule has 0 unspecified atom stereocenters. The number of benzene rings is 1. The minimum absolute atomic E-state index is 0.405. The van der Waals surface area contributed by atoms with Crippen LogP contribution >= 0.6 is 0 Å². The summed E-state index contributed by atoms with van der Waals surface area (Å²) in [6.45, 7) is 0. The number of nitrogens with zero attached hydrogens (tertiary/aromatic N) is 3. The number of anilines is 2. The molecule has 2 aromatic rings. The van der Waals surface area contributed by atoms with E-state index in [0.717, 1.165) is 17.1 Å². The number of pyridine rings is 1. The van der Waals surface area contributed by atoms with Crippen molar-refractivity contribution >= 4 is 11.4 Å². The molecule has 1 aromatic carbocycles. The van der Waals surface area contributed by atoms with Gasteiger partial charge in [0.2, 0.25) is 0 Å².